The molecule has 10 nitrogen and oxygen atoms in total. The van der Waals surface area contributed by atoms with Crippen molar-refractivity contribution in [3.63, 3.8) is 0 Å². The summed E-state index contributed by atoms with van der Waals surface area (Å²) in [5.41, 5.74) is 9.14. The molecule has 0 saturated carbocycles. The van der Waals surface area contributed by atoms with Crippen molar-refractivity contribution in [2.75, 3.05) is 13.1 Å². The molecule has 8 aromatic rings. The van der Waals surface area contributed by atoms with E-state index < -0.39 is 0 Å². The van der Waals surface area contributed by atoms with Crippen LogP contribution in [0.5, 0.6) is 0 Å². The SMILES string of the molecule is CCCCn1c(CN(CCN(Cc2nc3ccccc3n2CCCC)Cc2nc3ccccc3n2CCCC)Cc2nc3ccccc3n2CCCC)nc2ccccc21. The lowest BCUT2D eigenvalue weighted by Gasteiger charge is -2.28. The third-order valence-corrected chi connectivity index (χ3v) is 12.1. The number of fused-ring (bicyclic) bond motifs is 4. The van der Waals surface area contributed by atoms with Crippen molar-refractivity contribution >= 4 is 44.1 Å². The Morgan fingerprint density at radius 2 is 0.583 bits per heavy atom. The van der Waals surface area contributed by atoms with E-state index in [4.69, 9.17) is 19.9 Å². The van der Waals surface area contributed by atoms with Crippen molar-refractivity contribution in [1.82, 2.24) is 48.0 Å². The fourth-order valence-electron chi connectivity index (χ4n) is 8.76. The van der Waals surface area contributed by atoms with Crippen LogP contribution in [0.4, 0.5) is 0 Å². The normalized spacial score (nSPS) is 12.2. The van der Waals surface area contributed by atoms with Gasteiger partial charge in [-0.25, -0.2) is 19.9 Å². The van der Waals surface area contributed by atoms with Gasteiger partial charge in [-0.1, -0.05) is 102 Å². The van der Waals surface area contributed by atoms with E-state index in [1.165, 1.54) is 22.1 Å². The summed E-state index contributed by atoms with van der Waals surface area (Å²) in [7, 11) is 0. The van der Waals surface area contributed by atoms with Crippen LogP contribution in [0.3, 0.4) is 0 Å². The van der Waals surface area contributed by atoms with Crippen LogP contribution in [0.2, 0.25) is 0 Å². The molecule has 0 radical (unpaired) electrons. The van der Waals surface area contributed by atoms with Crippen LogP contribution in [-0.4, -0.2) is 61.1 Å². The molecule has 4 aromatic carbocycles. The molecule has 4 heterocycles. The standard InChI is InChI=1S/C50H64N10/c1-5-9-29-57-43-25-17-13-21-39(43)51-47(57)35-55(36-48-52-40-22-14-18-26-44(40)58(48)30-10-6-2)33-34-56(37-49-53-41-23-15-19-27-45(41)59(49)31-11-7-3)38-50-54-42-24-16-20-28-46(42)60(50)32-12-8-4/h13-28H,5-12,29-38H2,1-4H3. The molecule has 0 saturated heterocycles. The largest absolute Gasteiger partial charge is 0.327 e. The van der Waals surface area contributed by atoms with Crippen LogP contribution in [0.1, 0.15) is 102 Å². The second-order valence-corrected chi connectivity index (χ2v) is 16.5. The number of benzene rings is 4. The van der Waals surface area contributed by atoms with Gasteiger partial charge in [0, 0.05) is 39.3 Å². The van der Waals surface area contributed by atoms with E-state index in [1.807, 2.05) is 0 Å². The first kappa shape index (κ1) is 41.4. The zero-order valence-electron chi connectivity index (χ0n) is 36.4. The minimum atomic E-state index is 0.729. The number of rotatable bonds is 23. The van der Waals surface area contributed by atoms with Gasteiger partial charge in [0.1, 0.15) is 23.3 Å². The van der Waals surface area contributed by atoms with Crippen LogP contribution in [0.25, 0.3) is 44.1 Å². The lowest BCUT2D eigenvalue weighted by molar-refractivity contribution is 0.168. The number of para-hydroxylation sites is 8. The van der Waals surface area contributed by atoms with Crippen LogP contribution in [0.15, 0.2) is 97.1 Å². The van der Waals surface area contributed by atoms with Gasteiger partial charge in [-0.3, -0.25) is 9.80 Å². The Kier molecular flexibility index (Phi) is 13.7. The van der Waals surface area contributed by atoms with E-state index >= 15 is 0 Å². The predicted octanol–water partition coefficient (Wildman–Crippen LogP) is 11.0. The Morgan fingerprint density at radius 3 is 0.817 bits per heavy atom. The number of unbranched alkanes of at least 4 members (excludes halogenated alkanes) is 4. The molecule has 0 atom stereocenters. The van der Waals surface area contributed by atoms with E-state index in [0.29, 0.717) is 0 Å². The summed E-state index contributed by atoms with van der Waals surface area (Å²) in [6, 6.07) is 34.6. The average Bonchev–Trinajstić information content (AvgIpc) is 4.01. The molecule has 10 heteroatoms. The summed E-state index contributed by atoms with van der Waals surface area (Å²) < 4.78 is 9.87. The summed E-state index contributed by atoms with van der Waals surface area (Å²) >= 11 is 0. The first-order valence-corrected chi connectivity index (χ1v) is 22.8. The van der Waals surface area contributed by atoms with Crippen molar-refractivity contribution in [1.29, 1.82) is 0 Å². The van der Waals surface area contributed by atoms with Crippen molar-refractivity contribution in [3.8, 4) is 0 Å². The summed E-state index contributed by atoms with van der Waals surface area (Å²) in [5.74, 6) is 4.48. The lowest BCUT2D eigenvalue weighted by atomic mass is 10.3. The number of imidazole rings is 4. The highest BCUT2D eigenvalue weighted by Crippen LogP contribution is 2.25. The lowest BCUT2D eigenvalue weighted by Crippen LogP contribution is -2.36. The van der Waals surface area contributed by atoms with Gasteiger partial charge in [-0.05, 0) is 74.2 Å². The molecule has 0 aliphatic rings. The maximum Gasteiger partial charge on any atom is 0.124 e. The number of hydrogen-bond donors (Lipinski definition) is 0. The molecule has 0 spiro atoms. The fraction of sp³-hybridized carbons (Fsp3) is 0.440. The Hall–Kier alpha value is -5.32. The van der Waals surface area contributed by atoms with E-state index in [2.05, 4.69) is 153 Å². The number of aryl methyl sites for hydroxylation is 4. The Morgan fingerprint density at radius 1 is 0.350 bits per heavy atom. The zero-order valence-corrected chi connectivity index (χ0v) is 36.4. The molecule has 0 fully saturated rings. The Balaban J connectivity index is 1.18. The molecule has 0 N–H and O–H groups in total. The number of aromatic nitrogens is 8. The van der Waals surface area contributed by atoms with Crippen LogP contribution >= 0.6 is 0 Å². The van der Waals surface area contributed by atoms with E-state index in [-0.39, 0.29) is 0 Å². The quantitative estimate of drug-likeness (QED) is 0.0641. The molecule has 314 valence electrons. The molecule has 60 heavy (non-hydrogen) atoms. The highest BCUT2D eigenvalue weighted by Gasteiger charge is 2.23. The van der Waals surface area contributed by atoms with Crippen molar-refractivity contribution in [2.24, 2.45) is 0 Å². The highest BCUT2D eigenvalue weighted by atomic mass is 15.3. The number of nitrogens with zero attached hydrogens (tertiary/aromatic N) is 10. The van der Waals surface area contributed by atoms with Crippen molar-refractivity contribution in [3.05, 3.63) is 120 Å². The second-order valence-electron chi connectivity index (χ2n) is 16.5. The topological polar surface area (TPSA) is 77.8 Å². The van der Waals surface area contributed by atoms with Gasteiger partial charge in [-0.15, -0.1) is 0 Å². The van der Waals surface area contributed by atoms with Crippen LogP contribution in [-0.2, 0) is 52.4 Å². The molecular formula is C50H64N10. The van der Waals surface area contributed by atoms with Gasteiger partial charge in [0.2, 0.25) is 0 Å². The van der Waals surface area contributed by atoms with Gasteiger partial charge in [0.15, 0.2) is 0 Å². The molecule has 0 amide bonds. The summed E-state index contributed by atoms with van der Waals surface area (Å²) in [6.07, 6.45) is 9.02. The Labute approximate surface area is 355 Å². The molecule has 8 rings (SSSR count). The van der Waals surface area contributed by atoms with Crippen molar-refractivity contribution in [2.45, 2.75) is 131 Å². The maximum absolute atomic E-state index is 5.31. The molecular weight excluding hydrogens is 741 g/mol. The molecule has 0 aliphatic carbocycles. The van der Waals surface area contributed by atoms with Crippen molar-refractivity contribution < 1.29 is 0 Å². The Bertz CT molecular complexity index is 2250. The van der Waals surface area contributed by atoms with Gasteiger partial charge in [-0.2, -0.15) is 0 Å². The van der Waals surface area contributed by atoms with E-state index in [0.717, 1.165) is 162 Å². The van der Waals surface area contributed by atoms with Gasteiger partial charge < -0.3 is 18.3 Å². The summed E-state index contributed by atoms with van der Waals surface area (Å²) in [6.45, 7) is 17.5. The van der Waals surface area contributed by atoms with Gasteiger partial charge in [0.25, 0.3) is 0 Å². The molecule has 0 unspecified atom stereocenters. The second kappa shape index (κ2) is 19.8. The third-order valence-electron chi connectivity index (χ3n) is 12.1. The third kappa shape index (κ3) is 9.20. The summed E-state index contributed by atoms with van der Waals surface area (Å²) in [5, 5.41) is 0. The first-order valence-electron chi connectivity index (χ1n) is 22.8. The average molecular weight is 805 g/mol. The first-order chi connectivity index (χ1) is 29.6. The molecule has 4 aromatic heterocycles. The maximum atomic E-state index is 5.31. The predicted molar refractivity (Wildman–Crippen MR) is 247 cm³/mol. The van der Waals surface area contributed by atoms with Crippen LogP contribution in [0, 0.1) is 0 Å². The smallest absolute Gasteiger partial charge is 0.124 e. The van der Waals surface area contributed by atoms with Gasteiger partial charge in [0.05, 0.1) is 70.3 Å². The molecule has 0 bridgehead atoms. The van der Waals surface area contributed by atoms with Gasteiger partial charge >= 0.3 is 0 Å². The van der Waals surface area contributed by atoms with E-state index in [1.54, 1.807) is 0 Å². The summed E-state index contributed by atoms with van der Waals surface area (Å²) in [4.78, 5) is 26.4. The minimum absolute atomic E-state index is 0.729. The zero-order chi connectivity index (χ0) is 41.3. The van der Waals surface area contributed by atoms with E-state index in [9.17, 15) is 0 Å². The monoisotopic (exact) mass is 805 g/mol. The fourth-order valence-corrected chi connectivity index (χ4v) is 8.76. The van der Waals surface area contributed by atoms with Crippen LogP contribution < -0.4 is 0 Å². The molecule has 0 aliphatic heterocycles. The highest BCUT2D eigenvalue weighted by molar-refractivity contribution is 5.78. The number of hydrogen-bond acceptors (Lipinski definition) is 6. The minimum Gasteiger partial charge on any atom is -0.327 e.